The number of carbonyl (C=O) groups excluding carboxylic acids is 7. The maximum absolute atomic E-state index is 13.9. The van der Waals surface area contributed by atoms with Crippen LogP contribution in [-0.4, -0.2) is 120 Å². The highest BCUT2D eigenvalue weighted by Gasteiger charge is 2.33. The number of rotatable bonds is 24. The summed E-state index contributed by atoms with van der Waals surface area (Å²) in [6.45, 7) is 10.3. The zero-order valence-corrected chi connectivity index (χ0v) is 34.9. The van der Waals surface area contributed by atoms with Crippen molar-refractivity contribution in [2.24, 2.45) is 17.8 Å². The van der Waals surface area contributed by atoms with Crippen molar-refractivity contribution >= 4 is 59.1 Å². The van der Waals surface area contributed by atoms with Crippen LogP contribution in [0.2, 0.25) is 0 Å². The second-order valence-electron chi connectivity index (χ2n) is 15.3. The minimum absolute atomic E-state index is 0.0126. The third-order valence-electron chi connectivity index (χ3n) is 9.24. The van der Waals surface area contributed by atoms with Crippen LogP contribution in [0.1, 0.15) is 72.8 Å². The largest absolute Gasteiger partial charge is 0.480 e. The molecule has 7 amide bonds. The van der Waals surface area contributed by atoms with Gasteiger partial charge in [0.25, 0.3) is 0 Å². The van der Waals surface area contributed by atoms with E-state index in [4.69, 9.17) is 0 Å². The van der Waals surface area contributed by atoms with Gasteiger partial charge in [-0.15, -0.1) is 0 Å². The standard InChI is InChI=1S/C39H62N8O9S/c1-22(2)18-28(43-30(48)20-41-34(50)26-14-11-16-40-26)37(53)47-32(23(3)4)38(54)44-27(15-17-57-7)36(52)45-29(19-25-12-9-8-10-13-25)35(51)42-21-31(49)46-33(24(5)6)39(55)56/h8-10,12-13,22-24,26-29,32-33,40H,11,14-21H2,1-7H3,(H,41,50)(H,42,51)(H,43,48)(H,44,54)(H,45,52)(H,46,49)(H,47,53)(H,55,56)/t26-,27-,28-,29-,32-,33-/m0/s1. The topological polar surface area (TPSA) is 253 Å². The van der Waals surface area contributed by atoms with E-state index in [2.05, 4.69) is 42.5 Å². The van der Waals surface area contributed by atoms with Gasteiger partial charge < -0.3 is 47.6 Å². The number of hydrogen-bond acceptors (Lipinski definition) is 10. The van der Waals surface area contributed by atoms with Crippen LogP contribution in [0.3, 0.4) is 0 Å². The summed E-state index contributed by atoms with van der Waals surface area (Å²) in [5.74, 6) is -5.81. The van der Waals surface area contributed by atoms with Crippen molar-refractivity contribution in [2.75, 3.05) is 31.6 Å². The van der Waals surface area contributed by atoms with E-state index in [0.717, 1.165) is 13.0 Å². The molecule has 0 unspecified atom stereocenters. The molecule has 1 aromatic carbocycles. The van der Waals surface area contributed by atoms with Crippen molar-refractivity contribution in [1.29, 1.82) is 0 Å². The average Bonchev–Trinajstić information content (AvgIpc) is 3.70. The lowest BCUT2D eigenvalue weighted by Crippen LogP contribution is -2.60. The van der Waals surface area contributed by atoms with E-state index in [0.29, 0.717) is 17.7 Å². The fourth-order valence-corrected chi connectivity index (χ4v) is 6.53. The van der Waals surface area contributed by atoms with Gasteiger partial charge in [-0.3, -0.25) is 33.6 Å². The van der Waals surface area contributed by atoms with Gasteiger partial charge in [-0.2, -0.15) is 11.8 Å². The Morgan fingerprint density at radius 2 is 1.32 bits per heavy atom. The molecule has 1 aromatic rings. The van der Waals surface area contributed by atoms with Crippen LogP contribution >= 0.6 is 11.8 Å². The summed E-state index contributed by atoms with van der Waals surface area (Å²) in [6.07, 6.45) is 3.84. The van der Waals surface area contributed by atoms with Gasteiger partial charge >= 0.3 is 5.97 Å². The molecule has 0 radical (unpaired) electrons. The Balaban J connectivity index is 2.19. The molecule has 1 aliphatic rings. The van der Waals surface area contributed by atoms with Crippen molar-refractivity contribution in [3.05, 3.63) is 35.9 Å². The molecule has 18 heteroatoms. The Labute approximate surface area is 339 Å². The molecule has 1 aliphatic heterocycles. The molecule has 1 saturated heterocycles. The van der Waals surface area contributed by atoms with Gasteiger partial charge in [-0.05, 0) is 67.6 Å². The van der Waals surface area contributed by atoms with Crippen LogP contribution in [0.25, 0.3) is 0 Å². The minimum atomic E-state index is -1.21. The summed E-state index contributed by atoms with van der Waals surface area (Å²) in [4.78, 5) is 104. The van der Waals surface area contributed by atoms with E-state index in [1.54, 1.807) is 58.0 Å². The fourth-order valence-electron chi connectivity index (χ4n) is 6.06. The normalized spacial score (nSPS) is 16.4. The first-order valence-electron chi connectivity index (χ1n) is 19.5. The van der Waals surface area contributed by atoms with Crippen molar-refractivity contribution in [3.63, 3.8) is 0 Å². The predicted molar refractivity (Wildman–Crippen MR) is 217 cm³/mol. The van der Waals surface area contributed by atoms with Gasteiger partial charge in [0, 0.05) is 6.42 Å². The number of carbonyl (C=O) groups is 8. The average molecular weight is 819 g/mol. The highest BCUT2D eigenvalue weighted by Crippen LogP contribution is 2.11. The maximum Gasteiger partial charge on any atom is 0.326 e. The lowest BCUT2D eigenvalue weighted by atomic mass is 9.99. The van der Waals surface area contributed by atoms with Crippen molar-refractivity contribution in [3.8, 4) is 0 Å². The van der Waals surface area contributed by atoms with E-state index in [9.17, 15) is 43.5 Å². The smallest absolute Gasteiger partial charge is 0.326 e. The third kappa shape index (κ3) is 17.5. The molecular weight excluding hydrogens is 757 g/mol. The number of nitrogens with one attached hydrogen (secondary N) is 8. The number of carboxylic acids is 1. The summed E-state index contributed by atoms with van der Waals surface area (Å²) < 4.78 is 0. The van der Waals surface area contributed by atoms with Crippen LogP contribution in [0.4, 0.5) is 0 Å². The van der Waals surface area contributed by atoms with Crippen molar-refractivity contribution < 1.29 is 43.5 Å². The summed E-state index contributed by atoms with van der Waals surface area (Å²) >= 11 is 1.44. The molecule has 9 N–H and O–H groups in total. The first kappa shape index (κ1) is 48.4. The van der Waals surface area contributed by atoms with Gasteiger partial charge in [-0.1, -0.05) is 71.9 Å². The molecule has 0 saturated carbocycles. The van der Waals surface area contributed by atoms with E-state index < -0.39 is 90.0 Å². The first-order chi connectivity index (χ1) is 26.9. The number of thioether (sulfide) groups is 1. The van der Waals surface area contributed by atoms with Crippen LogP contribution in [0.5, 0.6) is 0 Å². The van der Waals surface area contributed by atoms with Crippen molar-refractivity contribution in [1.82, 2.24) is 42.5 Å². The summed E-state index contributed by atoms with van der Waals surface area (Å²) in [5.41, 5.74) is 0.705. The number of hydrogen-bond donors (Lipinski definition) is 9. The monoisotopic (exact) mass is 818 g/mol. The van der Waals surface area contributed by atoms with E-state index >= 15 is 0 Å². The third-order valence-corrected chi connectivity index (χ3v) is 9.88. The molecule has 1 fully saturated rings. The van der Waals surface area contributed by atoms with Gasteiger partial charge in [0.2, 0.25) is 41.4 Å². The van der Waals surface area contributed by atoms with Gasteiger partial charge in [-0.25, -0.2) is 4.79 Å². The Hall–Kier alpha value is -4.71. The highest BCUT2D eigenvalue weighted by molar-refractivity contribution is 7.98. The Kier molecular flexibility index (Phi) is 21.1. The number of amides is 7. The fraction of sp³-hybridized carbons (Fsp3) is 0.641. The Morgan fingerprint density at radius 3 is 1.88 bits per heavy atom. The van der Waals surface area contributed by atoms with E-state index in [-0.39, 0.29) is 43.7 Å². The molecule has 17 nitrogen and oxygen atoms in total. The molecule has 6 atom stereocenters. The van der Waals surface area contributed by atoms with E-state index in [1.807, 2.05) is 20.1 Å². The van der Waals surface area contributed by atoms with Crippen LogP contribution < -0.4 is 42.5 Å². The number of benzene rings is 1. The van der Waals surface area contributed by atoms with Crippen LogP contribution in [0.15, 0.2) is 30.3 Å². The summed E-state index contributed by atoms with van der Waals surface area (Å²) in [7, 11) is 0. The van der Waals surface area contributed by atoms with Crippen LogP contribution in [-0.2, 0) is 44.8 Å². The maximum atomic E-state index is 13.9. The second-order valence-corrected chi connectivity index (χ2v) is 16.3. The molecule has 57 heavy (non-hydrogen) atoms. The predicted octanol–water partition coefficient (Wildman–Crippen LogP) is -0.167. The van der Waals surface area contributed by atoms with Crippen molar-refractivity contribution in [2.45, 2.75) is 110 Å². The highest BCUT2D eigenvalue weighted by atomic mass is 32.2. The zero-order valence-electron chi connectivity index (χ0n) is 34.1. The Bertz CT molecular complexity index is 1520. The minimum Gasteiger partial charge on any atom is -0.480 e. The molecular formula is C39H62N8O9S. The Morgan fingerprint density at radius 1 is 0.719 bits per heavy atom. The quantitative estimate of drug-likeness (QED) is 0.0663. The molecule has 0 bridgehead atoms. The molecule has 0 spiro atoms. The second kappa shape index (κ2) is 24.8. The molecule has 318 valence electrons. The number of aliphatic carboxylic acids is 1. The SMILES string of the molecule is CSCC[C@H](NC(=O)[C@@H](NC(=O)[C@H](CC(C)C)NC(=O)CNC(=O)[C@@H]1CCCN1)C(C)C)C(=O)N[C@@H](Cc1ccccc1)C(=O)NCC(=O)N[C@H](C(=O)O)C(C)C. The lowest BCUT2D eigenvalue weighted by Gasteiger charge is -2.28. The first-order valence-corrected chi connectivity index (χ1v) is 20.9. The van der Waals surface area contributed by atoms with Crippen LogP contribution in [0, 0.1) is 17.8 Å². The molecule has 0 aliphatic carbocycles. The summed E-state index contributed by atoms with van der Waals surface area (Å²) in [6, 6.07) is 2.91. The van der Waals surface area contributed by atoms with Gasteiger partial charge in [0.05, 0.1) is 19.1 Å². The lowest BCUT2D eigenvalue weighted by molar-refractivity contribution is -0.143. The molecule has 2 rings (SSSR count). The van der Waals surface area contributed by atoms with E-state index in [1.165, 1.54) is 11.8 Å². The zero-order chi connectivity index (χ0) is 42.7. The number of carboxylic acid groups (broad SMARTS) is 1. The molecule has 0 aromatic heterocycles. The van der Waals surface area contributed by atoms with Gasteiger partial charge in [0.15, 0.2) is 0 Å². The van der Waals surface area contributed by atoms with Gasteiger partial charge in [0.1, 0.15) is 30.2 Å². The summed E-state index contributed by atoms with van der Waals surface area (Å²) in [5, 5.41) is 30.8. The molecule has 1 heterocycles.